The molecule has 3 atom stereocenters. The number of ether oxygens (including phenoxy) is 2. The minimum Gasteiger partial charge on any atom is -0.480 e. The molecule has 30 heavy (non-hydrogen) atoms. The fraction of sp³-hybridized carbons (Fsp3) is 0.600. The largest absolute Gasteiger partial charge is 0.480 e. The van der Waals surface area contributed by atoms with Gasteiger partial charge in [0.1, 0.15) is 11.5 Å². The molecule has 2 N–H and O–H groups in total. The van der Waals surface area contributed by atoms with Crippen LogP contribution in [-0.4, -0.2) is 77.7 Å². The number of nitrogens with zero attached hydrogens (tertiary/aromatic N) is 1. The van der Waals surface area contributed by atoms with Gasteiger partial charge in [-0.1, -0.05) is 30.4 Å². The molecule has 0 aromatic carbocycles. The van der Waals surface area contributed by atoms with E-state index in [2.05, 4.69) is 5.32 Å². The Balaban J connectivity index is 0.00000450. The van der Waals surface area contributed by atoms with Gasteiger partial charge in [0.05, 0.1) is 25.9 Å². The molecule has 2 aliphatic rings. The quantitative estimate of drug-likeness (QED) is 0.287. The molecule has 10 heteroatoms. The predicted molar refractivity (Wildman–Crippen MR) is 118 cm³/mol. The summed E-state index contributed by atoms with van der Waals surface area (Å²) >= 11 is 5.34. The van der Waals surface area contributed by atoms with Gasteiger partial charge in [-0.15, -0.1) is 12.4 Å². The van der Waals surface area contributed by atoms with E-state index in [0.29, 0.717) is 30.8 Å². The van der Waals surface area contributed by atoms with Crippen LogP contribution in [0.25, 0.3) is 0 Å². The number of nitrogens with one attached hydrogen (secondary N) is 1. The maximum Gasteiger partial charge on any atom is 0.326 e. The van der Waals surface area contributed by atoms with Gasteiger partial charge < -0.3 is 24.8 Å². The molecule has 2 rings (SSSR count). The summed E-state index contributed by atoms with van der Waals surface area (Å²) in [6.45, 7) is 4.79. The number of thiocarbonyl (C=S) groups is 1. The molecule has 0 unspecified atom stereocenters. The lowest BCUT2D eigenvalue weighted by molar-refractivity contribution is -0.151. The molecule has 168 valence electrons. The van der Waals surface area contributed by atoms with Crippen LogP contribution in [0.3, 0.4) is 0 Å². The second-order valence-corrected chi connectivity index (χ2v) is 7.47. The summed E-state index contributed by atoms with van der Waals surface area (Å²) in [6, 6.07) is -1.28. The molecule has 1 amide bonds. The molecule has 0 spiro atoms. The third-order valence-electron chi connectivity index (χ3n) is 5.04. The first-order valence-electron chi connectivity index (χ1n) is 9.75. The normalized spacial score (nSPS) is 23.7. The average molecular weight is 461 g/mol. The van der Waals surface area contributed by atoms with Crippen molar-refractivity contribution in [2.75, 3.05) is 32.9 Å². The lowest BCUT2D eigenvalue weighted by atomic mass is 9.82. The Hall–Kier alpha value is -1.81. The first-order valence-corrected chi connectivity index (χ1v) is 10.2. The smallest absolute Gasteiger partial charge is 0.326 e. The Labute approximate surface area is 188 Å². The van der Waals surface area contributed by atoms with Crippen LogP contribution in [0.5, 0.6) is 0 Å². The summed E-state index contributed by atoms with van der Waals surface area (Å²) in [7, 11) is 0. The number of hydrogen-bond acceptors (Lipinski definition) is 7. The van der Waals surface area contributed by atoms with E-state index in [4.69, 9.17) is 21.7 Å². The zero-order valence-corrected chi connectivity index (χ0v) is 18.8. The molecule has 0 aromatic rings. The van der Waals surface area contributed by atoms with Gasteiger partial charge in [-0.2, -0.15) is 0 Å². The number of halogens is 1. The monoisotopic (exact) mass is 460 g/mol. The zero-order valence-electron chi connectivity index (χ0n) is 17.2. The summed E-state index contributed by atoms with van der Waals surface area (Å²) in [6.07, 6.45) is 8.04. The van der Waals surface area contributed by atoms with Crippen molar-refractivity contribution in [1.29, 1.82) is 0 Å². The minimum atomic E-state index is -1.12. The highest BCUT2D eigenvalue weighted by molar-refractivity contribution is 7.81. The van der Waals surface area contributed by atoms with Crippen LogP contribution in [-0.2, 0) is 23.9 Å². The summed E-state index contributed by atoms with van der Waals surface area (Å²) in [5.74, 6) is -1.66. The van der Waals surface area contributed by atoms with Crippen molar-refractivity contribution in [2.45, 2.75) is 38.8 Å². The Morgan fingerprint density at radius 3 is 2.77 bits per heavy atom. The molecule has 1 aliphatic heterocycles. The summed E-state index contributed by atoms with van der Waals surface area (Å²) in [5.41, 5.74) is -1.12. The number of rotatable bonds is 10. The molecule has 1 saturated heterocycles. The van der Waals surface area contributed by atoms with Gasteiger partial charge in [0.25, 0.3) is 0 Å². The van der Waals surface area contributed by atoms with E-state index in [-0.39, 0.29) is 38.1 Å². The number of carboxylic acids is 1. The molecule has 1 heterocycles. The Kier molecular flexibility index (Phi) is 10.6. The number of aliphatic carboxylic acids is 1. The number of allylic oxidation sites excluding steroid dienone is 3. The molecule has 1 fully saturated rings. The van der Waals surface area contributed by atoms with E-state index in [0.717, 1.165) is 0 Å². The van der Waals surface area contributed by atoms with Gasteiger partial charge >= 0.3 is 11.9 Å². The van der Waals surface area contributed by atoms with Crippen molar-refractivity contribution >= 4 is 47.3 Å². The first-order chi connectivity index (χ1) is 13.8. The van der Waals surface area contributed by atoms with Gasteiger partial charge in [0, 0.05) is 18.0 Å². The summed E-state index contributed by atoms with van der Waals surface area (Å²) < 4.78 is 10.8. The number of esters is 1. The van der Waals surface area contributed by atoms with Gasteiger partial charge in [-0.05, 0) is 32.8 Å². The highest BCUT2D eigenvalue weighted by Crippen LogP contribution is 2.28. The third-order valence-corrected chi connectivity index (χ3v) is 5.54. The van der Waals surface area contributed by atoms with Crippen LogP contribution < -0.4 is 5.32 Å². The maximum atomic E-state index is 12.5. The molecular weight excluding hydrogens is 432 g/mol. The van der Waals surface area contributed by atoms with Crippen LogP contribution in [0.1, 0.15) is 26.7 Å². The number of amides is 1. The van der Waals surface area contributed by atoms with Crippen LogP contribution >= 0.6 is 24.6 Å². The summed E-state index contributed by atoms with van der Waals surface area (Å²) in [4.78, 5) is 38.0. The second kappa shape index (κ2) is 12.1. The van der Waals surface area contributed by atoms with Crippen molar-refractivity contribution in [3.63, 3.8) is 0 Å². The third kappa shape index (κ3) is 6.10. The SMILES string of the molecule is CCOC(=O)[C@@]1(COCCN[C@@H](C)C(=O)N2CCC[C@@H]2C(=O)O)C=CC=CC1=S.Cl. The maximum absolute atomic E-state index is 12.5. The molecule has 0 saturated carbocycles. The molecule has 8 nitrogen and oxygen atoms in total. The van der Waals surface area contributed by atoms with E-state index in [1.54, 1.807) is 38.2 Å². The van der Waals surface area contributed by atoms with Gasteiger partial charge in [0.2, 0.25) is 5.91 Å². The second-order valence-electron chi connectivity index (χ2n) is 7.03. The van der Waals surface area contributed by atoms with E-state index in [1.165, 1.54) is 4.90 Å². The first kappa shape index (κ1) is 26.2. The van der Waals surface area contributed by atoms with Crippen molar-refractivity contribution in [3.05, 3.63) is 24.3 Å². The Bertz CT molecular complexity index is 713. The van der Waals surface area contributed by atoms with Crippen molar-refractivity contribution < 1.29 is 29.0 Å². The van der Waals surface area contributed by atoms with Gasteiger partial charge in [0.15, 0.2) is 0 Å². The topological polar surface area (TPSA) is 105 Å². The number of likely N-dealkylation sites (tertiary alicyclic amines) is 1. The van der Waals surface area contributed by atoms with Crippen molar-refractivity contribution in [3.8, 4) is 0 Å². The summed E-state index contributed by atoms with van der Waals surface area (Å²) in [5, 5.41) is 12.3. The molecule has 0 radical (unpaired) electrons. The van der Waals surface area contributed by atoms with Crippen LogP contribution in [0.15, 0.2) is 24.3 Å². The molecular formula is C20H29ClN2O6S. The fourth-order valence-corrected chi connectivity index (χ4v) is 3.69. The minimum absolute atomic E-state index is 0. The van der Waals surface area contributed by atoms with E-state index in [1.807, 2.05) is 0 Å². The van der Waals surface area contributed by atoms with E-state index >= 15 is 0 Å². The van der Waals surface area contributed by atoms with Crippen LogP contribution in [0, 0.1) is 5.41 Å². The highest BCUT2D eigenvalue weighted by Gasteiger charge is 2.42. The predicted octanol–water partition coefficient (Wildman–Crippen LogP) is 1.52. The lowest BCUT2D eigenvalue weighted by Gasteiger charge is -2.29. The van der Waals surface area contributed by atoms with Crippen molar-refractivity contribution in [1.82, 2.24) is 10.2 Å². The lowest BCUT2D eigenvalue weighted by Crippen LogP contribution is -2.49. The standard InChI is InChI=1S/C20H28N2O6S.ClH/c1-3-28-19(26)20(9-5-4-8-16(20)29)13-27-12-10-21-14(2)17(23)22-11-6-7-15(22)18(24)25;/h4-5,8-9,14-15,21H,3,6-7,10-13H2,1-2H3,(H,24,25);1H/t14-,15+,20+;/m0./s1. The zero-order chi connectivity index (χ0) is 21.4. The number of carbonyl (C=O) groups is 3. The molecule has 0 bridgehead atoms. The number of carboxylic acid groups (broad SMARTS) is 1. The number of hydrogen-bond donors (Lipinski definition) is 2. The van der Waals surface area contributed by atoms with Gasteiger partial charge in [-0.3, -0.25) is 9.59 Å². The van der Waals surface area contributed by atoms with E-state index < -0.39 is 29.4 Å². The molecule has 1 aliphatic carbocycles. The van der Waals surface area contributed by atoms with Crippen LogP contribution in [0.4, 0.5) is 0 Å². The number of carbonyl (C=O) groups excluding carboxylic acids is 2. The van der Waals surface area contributed by atoms with Crippen molar-refractivity contribution in [2.24, 2.45) is 5.41 Å². The Morgan fingerprint density at radius 1 is 1.40 bits per heavy atom. The van der Waals surface area contributed by atoms with E-state index in [9.17, 15) is 19.5 Å². The van der Waals surface area contributed by atoms with Crippen LogP contribution in [0.2, 0.25) is 0 Å². The average Bonchev–Trinajstić information content (AvgIpc) is 3.18. The molecule has 0 aromatic heterocycles. The Morgan fingerprint density at radius 2 is 2.13 bits per heavy atom. The highest BCUT2D eigenvalue weighted by atomic mass is 35.5. The fourth-order valence-electron chi connectivity index (χ4n) is 3.40. The van der Waals surface area contributed by atoms with Gasteiger partial charge in [-0.25, -0.2) is 4.79 Å².